The lowest BCUT2D eigenvalue weighted by molar-refractivity contribution is -0.159. The lowest BCUT2D eigenvalue weighted by Crippen LogP contribution is -2.52. The average Bonchev–Trinajstić information content (AvgIpc) is 3.03. The highest BCUT2D eigenvalue weighted by molar-refractivity contribution is 5.90. The van der Waals surface area contributed by atoms with Crippen LogP contribution in [-0.4, -0.2) is 34.0 Å². The number of ether oxygens (including phenoxy) is 1. The Morgan fingerprint density at radius 1 is 1.19 bits per heavy atom. The molecule has 0 unspecified atom stereocenters. The van der Waals surface area contributed by atoms with E-state index >= 15 is 0 Å². The second-order valence-corrected chi connectivity index (χ2v) is 10.5. The summed E-state index contributed by atoms with van der Waals surface area (Å²) in [6.45, 7) is 8.49. The summed E-state index contributed by atoms with van der Waals surface area (Å²) < 4.78 is 5.78. The molecule has 0 aromatic carbocycles. The standard InChI is InChI=1S/C23H32O4/c1-13-11-23(27-19(13)25)12-18-16-5-4-14-10-15(24)6-8-21(14,2)17(16)7-9-22(18,3)20(23)26/h4,15-18,20,24,26H,1,5-12H2,2-3H3/t15-,16+,17-,18-,20-,21-,22-,23+/m0/s1. The van der Waals surface area contributed by atoms with E-state index in [1.807, 2.05) is 0 Å². The molecule has 3 saturated carbocycles. The van der Waals surface area contributed by atoms with Crippen LogP contribution in [0.2, 0.25) is 0 Å². The van der Waals surface area contributed by atoms with E-state index in [0.29, 0.717) is 29.7 Å². The Morgan fingerprint density at radius 3 is 2.67 bits per heavy atom. The number of rotatable bonds is 0. The Kier molecular flexibility index (Phi) is 3.64. The lowest BCUT2D eigenvalue weighted by atomic mass is 9.48. The van der Waals surface area contributed by atoms with Crippen molar-refractivity contribution in [3.63, 3.8) is 0 Å². The third-order valence-electron chi connectivity index (χ3n) is 9.30. The van der Waals surface area contributed by atoms with E-state index in [-0.39, 0.29) is 22.9 Å². The molecule has 5 rings (SSSR count). The summed E-state index contributed by atoms with van der Waals surface area (Å²) in [6, 6.07) is 0. The zero-order valence-electron chi connectivity index (χ0n) is 16.5. The van der Waals surface area contributed by atoms with Crippen LogP contribution >= 0.6 is 0 Å². The molecule has 148 valence electrons. The molecule has 1 saturated heterocycles. The first-order valence-corrected chi connectivity index (χ1v) is 10.7. The number of fused-ring (bicyclic) bond motifs is 5. The van der Waals surface area contributed by atoms with Gasteiger partial charge in [-0.2, -0.15) is 0 Å². The van der Waals surface area contributed by atoms with E-state index in [4.69, 9.17) is 4.74 Å². The Labute approximate surface area is 161 Å². The zero-order valence-corrected chi connectivity index (χ0v) is 16.5. The summed E-state index contributed by atoms with van der Waals surface area (Å²) in [4.78, 5) is 12.1. The predicted octanol–water partition coefficient (Wildman–Crippen LogP) is 3.52. The number of hydrogen-bond donors (Lipinski definition) is 2. The Morgan fingerprint density at radius 2 is 1.96 bits per heavy atom. The maximum atomic E-state index is 12.1. The molecule has 4 fully saturated rings. The molecule has 8 atom stereocenters. The largest absolute Gasteiger partial charge is 0.453 e. The SMILES string of the molecule is C=C1C[C@]2(C[C@H]3[C@@H]4CC=C5C[C@@H](O)CC[C@]5(C)[C@H]4CC[C@]3(C)[C@@H]2O)OC1=O. The number of allylic oxidation sites excluding steroid dienone is 1. The molecule has 4 nitrogen and oxygen atoms in total. The average molecular weight is 373 g/mol. The van der Waals surface area contributed by atoms with E-state index in [1.54, 1.807) is 0 Å². The fourth-order valence-corrected chi connectivity index (χ4v) is 7.79. The second-order valence-electron chi connectivity index (χ2n) is 10.5. The number of carbonyl (C=O) groups excluding carboxylic acids is 1. The summed E-state index contributed by atoms with van der Waals surface area (Å²) in [5, 5.41) is 21.5. The van der Waals surface area contributed by atoms with Crippen molar-refractivity contribution >= 4 is 5.97 Å². The van der Waals surface area contributed by atoms with Crippen LogP contribution in [0.15, 0.2) is 23.8 Å². The van der Waals surface area contributed by atoms with Crippen LogP contribution in [0.5, 0.6) is 0 Å². The Hall–Kier alpha value is -1.13. The van der Waals surface area contributed by atoms with Crippen molar-refractivity contribution in [3.05, 3.63) is 23.8 Å². The number of aliphatic hydroxyl groups is 2. The van der Waals surface area contributed by atoms with Gasteiger partial charge in [0.2, 0.25) is 0 Å². The maximum absolute atomic E-state index is 12.1. The second kappa shape index (κ2) is 5.48. The molecule has 0 aromatic rings. The highest BCUT2D eigenvalue weighted by Gasteiger charge is 2.68. The van der Waals surface area contributed by atoms with Crippen molar-refractivity contribution in [1.82, 2.24) is 0 Å². The van der Waals surface area contributed by atoms with Crippen LogP contribution in [-0.2, 0) is 9.53 Å². The predicted molar refractivity (Wildman–Crippen MR) is 102 cm³/mol. The minimum atomic E-state index is -0.754. The minimum absolute atomic E-state index is 0.181. The van der Waals surface area contributed by atoms with Crippen LogP contribution in [0.3, 0.4) is 0 Å². The molecule has 2 N–H and O–H groups in total. The zero-order chi connectivity index (χ0) is 19.2. The first kappa shape index (κ1) is 17.9. The monoisotopic (exact) mass is 372 g/mol. The summed E-state index contributed by atoms with van der Waals surface area (Å²) in [6.07, 6.45) is 8.74. The fourth-order valence-electron chi connectivity index (χ4n) is 7.79. The normalized spacial score (nSPS) is 54.2. The van der Waals surface area contributed by atoms with Gasteiger partial charge in [-0.25, -0.2) is 4.79 Å². The quantitative estimate of drug-likeness (QED) is 0.388. The minimum Gasteiger partial charge on any atom is -0.453 e. The van der Waals surface area contributed by atoms with Crippen molar-refractivity contribution < 1.29 is 19.7 Å². The highest BCUT2D eigenvalue weighted by Crippen LogP contribution is 2.68. The molecular formula is C23H32O4. The molecule has 4 heteroatoms. The third kappa shape index (κ3) is 2.20. The molecule has 0 radical (unpaired) electrons. The maximum Gasteiger partial charge on any atom is 0.334 e. The van der Waals surface area contributed by atoms with Gasteiger partial charge >= 0.3 is 5.97 Å². The van der Waals surface area contributed by atoms with E-state index in [0.717, 1.165) is 44.9 Å². The molecule has 27 heavy (non-hydrogen) atoms. The molecule has 4 aliphatic carbocycles. The van der Waals surface area contributed by atoms with Crippen LogP contribution in [0.25, 0.3) is 0 Å². The first-order valence-electron chi connectivity index (χ1n) is 10.7. The van der Waals surface area contributed by atoms with Gasteiger partial charge in [0.1, 0.15) is 5.60 Å². The molecule has 1 heterocycles. The molecular weight excluding hydrogens is 340 g/mol. The topological polar surface area (TPSA) is 66.8 Å². The molecule has 0 bridgehead atoms. The van der Waals surface area contributed by atoms with E-state index in [2.05, 4.69) is 26.5 Å². The van der Waals surface area contributed by atoms with Crippen molar-refractivity contribution in [2.24, 2.45) is 28.6 Å². The van der Waals surface area contributed by atoms with Crippen molar-refractivity contribution in [2.45, 2.75) is 83.0 Å². The van der Waals surface area contributed by atoms with Crippen molar-refractivity contribution in [3.8, 4) is 0 Å². The number of hydrogen-bond acceptors (Lipinski definition) is 4. The Bertz CT molecular complexity index is 723. The third-order valence-corrected chi connectivity index (χ3v) is 9.30. The van der Waals surface area contributed by atoms with Crippen LogP contribution < -0.4 is 0 Å². The lowest BCUT2D eigenvalue weighted by Gasteiger charge is -2.57. The smallest absolute Gasteiger partial charge is 0.334 e. The number of esters is 1. The van der Waals surface area contributed by atoms with Gasteiger partial charge in [0.05, 0.1) is 12.2 Å². The summed E-state index contributed by atoms with van der Waals surface area (Å²) >= 11 is 0. The van der Waals surface area contributed by atoms with Crippen LogP contribution in [0.1, 0.15) is 65.2 Å². The number of aliphatic hydroxyl groups excluding tert-OH is 2. The summed E-state index contributed by atoms with van der Waals surface area (Å²) in [5.74, 6) is 1.17. The van der Waals surface area contributed by atoms with E-state index in [9.17, 15) is 15.0 Å². The van der Waals surface area contributed by atoms with Crippen molar-refractivity contribution in [1.29, 1.82) is 0 Å². The van der Waals surface area contributed by atoms with Gasteiger partial charge in [-0.15, -0.1) is 0 Å². The number of carbonyl (C=O) groups is 1. The molecule has 1 aliphatic heterocycles. The van der Waals surface area contributed by atoms with Gasteiger partial charge in [-0.1, -0.05) is 32.1 Å². The molecule has 1 spiro atoms. The van der Waals surface area contributed by atoms with E-state index < -0.39 is 11.7 Å². The highest BCUT2D eigenvalue weighted by atomic mass is 16.6. The summed E-state index contributed by atoms with van der Waals surface area (Å²) in [5.41, 5.74) is 1.20. The van der Waals surface area contributed by atoms with Crippen LogP contribution in [0, 0.1) is 28.6 Å². The summed E-state index contributed by atoms with van der Waals surface area (Å²) in [7, 11) is 0. The van der Waals surface area contributed by atoms with Gasteiger partial charge < -0.3 is 14.9 Å². The van der Waals surface area contributed by atoms with Gasteiger partial charge in [-0.3, -0.25) is 0 Å². The van der Waals surface area contributed by atoms with Gasteiger partial charge in [-0.05, 0) is 68.1 Å². The fraction of sp³-hybridized carbons (Fsp3) is 0.783. The van der Waals surface area contributed by atoms with Crippen molar-refractivity contribution in [2.75, 3.05) is 0 Å². The Balaban J connectivity index is 1.50. The molecule has 5 aliphatic rings. The first-order chi connectivity index (χ1) is 12.7. The molecule has 0 amide bonds. The van der Waals surface area contributed by atoms with Crippen LogP contribution in [0.4, 0.5) is 0 Å². The molecule has 0 aromatic heterocycles. The van der Waals surface area contributed by atoms with Gasteiger partial charge in [0.15, 0.2) is 0 Å². The van der Waals surface area contributed by atoms with Gasteiger partial charge in [0.25, 0.3) is 0 Å². The van der Waals surface area contributed by atoms with E-state index in [1.165, 1.54) is 5.57 Å². The van der Waals surface area contributed by atoms with Gasteiger partial charge in [0, 0.05) is 17.4 Å².